The van der Waals surface area contributed by atoms with Gasteiger partial charge in [-0.05, 0) is 18.4 Å². The molecule has 8 nitrogen and oxygen atoms in total. The second kappa shape index (κ2) is 6.29. The zero-order valence-electron chi connectivity index (χ0n) is 14.1. The summed E-state index contributed by atoms with van der Waals surface area (Å²) in [7, 11) is 0. The predicted octanol–water partition coefficient (Wildman–Crippen LogP) is 1.40. The molecule has 2 aromatic rings. The molecular formula is C18H18N4O4. The Morgan fingerprint density at radius 3 is 2.58 bits per heavy atom. The molecule has 2 fully saturated rings. The van der Waals surface area contributed by atoms with Gasteiger partial charge in [0.2, 0.25) is 5.76 Å². The zero-order chi connectivity index (χ0) is 18.1. The average Bonchev–Trinajstić information content (AvgIpc) is 3.27. The van der Waals surface area contributed by atoms with Gasteiger partial charge in [-0.2, -0.15) is 0 Å². The summed E-state index contributed by atoms with van der Waals surface area (Å²) in [6.45, 7) is 1.09. The van der Waals surface area contributed by atoms with E-state index in [0.717, 1.165) is 5.56 Å². The number of nitrogens with one attached hydrogen (secondary N) is 1. The number of hydrogen-bond donors (Lipinski definition) is 1. The lowest BCUT2D eigenvalue weighted by Crippen LogP contribution is -2.57. The van der Waals surface area contributed by atoms with E-state index < -0.39 is 5.54 Å². The normalized spacial score (nSPS) is 19.1. The molecule has 8 heteroatoms. The summed E-state index contributed by atoms with van der Waals surface area (Å²) in [6, 6.07) is 9.17. The Morgan fingerprint density at radius 2 is 1.92 bits per heavy atom. The van der Waals surface area contributed by atoms with Crippen molar-refractivity contribution in [3.8, 4) is 0 Å². The largest absolute Gasteiger partial charge is 0.438 e. The van der Waals surface area contributed by atoms with Crippen molar-refractivity contribution >= 4 is 17.8 Å². The monoisotopic (exact) mass is 354 g/mol. The summed E-state index contributed by atoms with van der Waals surface area (Å²) in [4.78, 5) is 44.3. The van der Waals surface area contributed by atoms with Crippen molar-refractivity contribution in [2.24, 2.45) is 0 Å². The molecule has 0 radical (unpaired) electrons. The van der Waals surface area contributed by atoms with E-state index in [9.17, 15) is 14.4 Å². The standard InChI is InChI=1S/C18H18N4O4/c23-15(14-10-19-12-26-14)21-8-6-18(7-9-21)16(24)20-17(25)22(18)11-13-4-2-1-3-5-13/h1-5,10,12H,6-9,11H2,(H,20,24,25). The van der Waals surface area contributed by atoms with Crippen LogP contribution in [0, 0.1) is 0 Å². The number of rotatable bonds is 3. The Kier molecular flexibility index (Phi) is 3.95. The summed E-state index contributed by atoms with van der Waals surface area (Å²) in [5.74, 6) is -0.365. The van der Waals surface area contributed by atoms with Crippen LogP contribution in [-0.2, 0) is 11.3 Å². The maximum Gasteiger partial charge on any atom is 0.325 e. The first-order valence-electron chi connectivity index (χ1n) is 8.45. The zero-order valence-corrected chi connectivity index (χ0v) is 14.1. The number of nitrogens with zero attached hydrogens (tertiary/aromatic N) is 3. The molecule has 4 rings (SSSR count). The minimum atomic E-state index is -0.912. The van der Waals surface area contributed by atoms with Crippen molar-refractivity contribution in [1.29, 1.82) is 0 Å². The van der Waals surface area contributed by atoms with Crippen LogP contribution in [0.3, 0.4) is 0 Å². The topological polar surface area (TPSA) is 95.7 Å². The highest BCUT2D eigenvalue weighted by Crippen LogP contribution is 2.34. The van der Waals surface area contributed by atoms with Gasteiger partial charge in [-0.3, -0.25) is 14.9 Å². The second-order valence-corrected chi connectivity index (χ2v) is 6.52. The fourth-order valence-corrected chi connectivity index (χ4v) is 3.64. The molecular weight excluding hydrogens is 336 g/mol. The lowest BCUT2D eigenvalue weighted by atomic mass is 9.85. The molecule has 0 aliphatic carbocycles. The van der Waals surface area contributed by atoms with Gasteiger partial charge in [-0.1, -0.05) is 30.3 Å². The molecule has 1 aromatic carbocycles. The molecule has 3 heterocycles. The van der Waals surface area contributed by atoms with Gasteiger partial charge >= 0.3 is 6.03 Å². The van der Waals surface area contributed by atoms with Crippen LogP contribution in [0.5, 0.6) is 0 Å². The smallest absolute Gasteiger partial charge is 0.325 e. The van der Waals surface area contributed by atoms with E-state index >= 15 is 0 Å². The number of amides is 4. The number of urea groups is 1. The minimum Gasteiger partial charge on any atom is -0.438 e. The molecule has 1 aromatic heterocycles. The SMILES string of the molecule is O=C(c1cnco1)N1CCC2(CC1)C(=O)NC(=O)N2Cc1ccccc1. The Bertz CT molecular complexity index is 826. The maximum atomic E-state index is 12.6. The van der Waals surface area contributed by atoms with Gasteiger partial charge < -0.3 is 14.2 Å². The molecule has 26 heavy (non-hydrogen) atoms. The van der Waals surface area contributed by atoms with Gasteiger partial charge in [0.05, 0.1) is 6.20 Å². The average molecular weight is 354 g/mol. The quantitative estimate of drug-likeness (QED) is 0.841. The van der Waals surface area contributed by atoms with Crippen LogP contribution in [0.1, 0.15) is 29.0 Å². The molecule has 0 unspecified atom stereocenters. The molecule has 0 atom stereocenters. The first-order valence-corrected chi connectivity index (χ1v) is 8.45. The maximum absolute atomic E-state index is 12.6. The highest BCUT2D eigenvalue weighted by Gasteiger charge is 2.54. The summed E-state index contributed by atoms with van der Waals surface area (Å²) in [6.07, 6.45) is 3.36. The van der Waals surface area contributed by atoms with Crippen molar-refractivity contribution < 1.29 is 18.8 Å². The highest BCUT2D eigenvalue weighted by molar-refractivity contribution is 6.07. The first kappa shape index (κ1) is 16.3. The molecule has 1 spiro atoms. The molecule has 2 saturated heterocycles. The third kappa shape index (κ3) is 2.63. The number of carbonyl (C=O) groups excluding carboxylic acids is 3. The van der Waals surface area contributed by atoms with E-state index in [2.05, 4.69) is 10.3 Å². The molecule has 1 N–H and O–H groups in total. The third-order valence-corrected chi connectivity index (χ3v) is 5.11. The van der Waals surface area contributed by atoms with E-state index in [1.54, 1.807) is 9.80 Å². The van der Waals surface area contributed by atoms with Crippen molar-refractivity contribution in [2.75, 3.05) is 13.1 Å². The number of imide groups is 1. The number of oxazole rings is 1. The van der Waals surface area contributed by atoms with E-state index in [1.165, 1.54) is 12.6 Å². The van der Waals surface area contributed by atoms with Crippen LogP contribution < -0.4 is 5.32 Å². The van der Waals surface area contributed by atoms with Crippen LogP contribution in [-0.4, -0.2) is 51.3 Å². The summed E-state index contributed by atoms with van der Waals surface area (Å²) in [5.41, 5.74) is 0.0439. The minimum absolute atomic E-state index is 0.175. The lowest BCUT2D eigenvalue weighted by Gasteiger charge is -2.42. The number of benzene rings is 1. The molecule has 134 valence electrons. The van der Waals surface area contributed by atoms with Crippen molar-refractivity contribution in [3.63, 3.8) is 0 Å². The molecule has 4 amide bonds. The predicted molar refractivity (Wildman–Crippen MR) is 89.9 cm³/mol. The fraction of sp³-hybridized carbons (Fsp3) is 0.333. The summed E-state index contributed by atoms with van der Waals surface area (Å²) in [5, 5.41) is 2.44. The van der Waals surface area contributed by atoms with Gasteiger partial charge in [-0.25, -0.2) is 9.78 Å². The Labute approximate surface area is 149 Å². The van der Waals surface area contributed by atoms with Crippen LogP contribution in [0.25, 0.3) is 0 Å². The lowest BCUT2D eigenvalue weighted by molar-refractivity contribution is -0.129. The van der Waals surface area contributed by atoms with Crippen LogP contribution in [0.4, 0.5) is 4.79 Å². The second-order valence-electron chi connectivity index (χ2n) is 6.52. The van der Waals surface area contributed by atoms with Crippen LogP contribution in [0.15, 0.2) is 47.3 Å². The number of aromatic nitrogens is 1. The van der Waals surface area contributed by atoms with Crippen molar-refractivity contribution in [3.05, 3.63) is 54.2 Å². The highest BCUT2D eigenvalue weighted by atomic mass is 16.3. The van der Waals surface area contributed by atoms with Gasteiger partial charge in [0.15, 0.2) is 6.39 Å². The van der Waals surface area contributed by atoms with Crippen molar-refractivity contribution in [1.82, 2.24) is 20.1 Å². The first-order chi connectivity index (χ1) is 12.6. The summed E-state index contributed by atoms with van der Waals surface area (Å²) < 4.78 is 5.06. The Hall–Kier alpha value is -3.16. The van der Waals surface area contributed by atoms with E-state index in [0.29, 0.717) is 32.5 Å². The number of carbonyl (C=O) groups is 3. The number of likely N-dealkylation sites (tertiary alicyclic amines) is 1. The molecule has 2 aliphatic rings. The van der Waals surface area contributed by atoms with Crippen LogP contribution in [0.2, 0.25) is 0 Å². The van der Waals surface area contributed by atoms with E-state index in [-0.39, 0.29) is 23.6 Å². The third-order valence-electron chi connectivity index (χ3n) is 5.11. The Morgan fingerprint density at radius 1 is 1.19 bits per heavy atom. The Balaban J connectivity index is 1.52. The van der Waals surface area contributed by atoms with Gasteiger partial charge in [0, 0.05) is 19.6 Å². The van der Waals surface area contributed by atoms with E-state index in [4.69, 9.17) is 4.42 Å². The molecule has 2 aliphatic heterocycles. The van der Waals surface area contributed by atoms with E-state index in [1.807, 2.05) is 30.3 Å². The molecule has 0 saturated carbocycles. The summed E-state index contributed by atoms with van der Waals surface area (Å²) >= 11 is 0. The van der Waals surface area contributed by atoms with Crippen molar-refractivity contribution in [2.45, 2.75) is 24.9 Å². The fourth-order valence-electron chi connectivity index (χ4n) is 3.64. The molecule has 0 bridgehead atoms. The van der Waals surface area contributed by atoms with Gasteiger partial charge in [-0.15, -0.1) is 0 Å². The van der Waals surface area contributed by atoms with Gasteiger partial charge in [0.25, 0.3) is 11.8 Å². The van der Waals surface area contributed by atoms with Crippen LogP contribution >= 0.6 is 0 Å². The number of piperidine rings is 1. The van der Waals surface area contributed by atoms with Gasteiger partial charge in [0.1, 0.15) is 5.54 Å². The number of hydrogen-bond acceptors (Lipinski definition) is 5.